The summed E-state index contributed by atoms with van der Waals surface area (Å²) >= 11 is 0. The summed E-state index contributed by atoms with van der Waals surface area (Å²) in [5.41, 5.74) is -0.0158. The van der Waals surface area contributed by atoms with Gasteiger partial charge in [0.05, 0.1) is 19.8 Å². The molecule has 2 aromatic rings. The first-order valence-corrected chi connectivity index (χ1v) is 15.0. The summed E-state index contributed by atoms with van der Waals surface area (Å²) in [6.07, 6.45) is 1.59. The number of nitriles is 1. The number of hydrogen-bond donors (Lipinski definition) is 0. The van der Waals surface area contributed by atoms with Crippen LogP contribution in [-0.2, 0) is 22.1 Å². The fourth-order valence-corrected chi connectivity index (χ4v) is 6.32. The molecule has 0 saturated heterocycles. The molecular formula is C22H31N3O3SSi. The van der Waals surface area contributed by atoms with Gasteiger partial charge in [0.2, 0.25) is 5.88 Å². The van der Waals surface area contributed by atoms with Crippen molar-refractivity contribution in [3.05, 3.63) is 54.2 Å². The third-order valence-electron chi connectivity index (χ3n) is 5.40. The van der Waals surface area contributed by atoms with Gasteiger partial charge in [0, 0.05) is 12.6 Å². The molecule has 0 aliphatic carbocycles. The van der Waals surface area contributed by atoms with Gasteiger partial charge in [-0.25, -0.2) is 4.68 Å². The predicted molar refractivity (Wildman–Crippen MR) is 123 cm³/mol. The van der Waals surface area contributed by atoms with Gasteiger partial charge in [-0.15, -0.1) is 6.58 Å². The van der Waals surface area contributed by atoms with Crippen LogP contribution in [0.25, 0.3) is 0 Å². The SMILES string of the molecule is C=CC(C(C#N)(CC)c1ccc([Si](C)(C)C)cc1)S(=O)(=O)Oc1cc(C)nn1CC. The van der Waals surface area contributed by atoms with Crippen molar-refractivity contribution in [1.29, 1.82) is 5.26 Å². The van der Waals surface area contributed by atoms with Gasteiger partial charge < -0.3 is 4.18 Å². The lowest BCUT2D eigenvalue weighted by Crippen LogP contribution is -2.44. The molecule has 1 aromatic carbocycles. The zero-order valence-electron chi connectivity index (χ0n) is 18.6. The molecular weight excluding hydrogens is 414 g/mol. The van der Waals surface area contributed by atoms with Crippen LogP contribution >= 0.6 is 0 Å². The molecule has 0 saturated carbocycles. The summed E-state index contributed by atoms with van der Waals surface area (Å²) < 4.78 is 33.5. The Balaban J connectivity index is 2.54. The van der Waals surface area contributed by atoms with Gasteiger partial charge in [-0.05, 0) is 25.8 Å². The van der Waals surface area contributed by atoms with Crippen LogP contribution in [0.15, 0.2) is 43.0 Å². The molecule has 0 bridgehead atoms. The summed E-state index contributed by atoms with van der Waals surface area (Å²) in [5.74, 6) is 0.138. The standard InChI is InChI=1S/C22H31N3O3SSi/c1-8-20(29(26,27)28-21-15-17(4)24-25(21)10-3)22(9-2,16-23)18-11-13-19(14-12-18)30(5,6)7/h8,11-15,20H,1,9-10H2,2-7H3. The molecule has 0 radical (unpaired) electrons. The summed E-state index contributed by atoms with van der Waals surface area (Å²) in [4.78, 5) is 0. The maximum atomic E-state index is 13.3. The molecule has 30 heavy (non-hydrogen) atoms. The van der Waals surface area contributed by atoms with Crippen molar-refractivity contribution in [2.45, 2.75) is 64.0 Å². The van der Waals surface area contributed by atoms with E-state index in [2.05, 4.69) is 37.4 Å². The lowest BCUT2D eigenvalue weighted by molar-refractivity contribution is 0.417. The molecule has 1 aromatic heterocycles. The Bertz CT molecular complexity index is 1050. The molecule has 0 aliphatic heterocycles. The largest absolute Gasteiger partial charge is 0.361 e. The minimum absolute atomic E-state index is 0.138. The van der Waals surface area contributed by atoms with E-state index in [0.29, 0.717) is 24.2 Å². The minimum atomic E-state index is -4.21. The van der Waals surface area contributed by atoms with Crippen LogP contribution in [0.3, 0.4) is 0 Å². The molecule has 1 heterocycles. The number of aromatic nitrogens is 2. The highest BCUT2D eigenvalue weighted by Crippen LogP contribution is 2.37. The summed E-state index contributed by atoms with van der Waals surface area (Å²) in [6, 6.07) is 11.6. The first-order chi connectivity index (χ1) is 13.9. The van der Waals surface area contributed by atoms with Gasteiger partial charge in [-0.2, -0.15) is 18.8 Å². The highest BCUT2D eigenvalue weighted by molar-refractivity contribution is 7.88. The van der Waals surface area contributed by atoms with Crippen molar-refractivity contribution < 1.29 is 12.6 Å². The van der Waals surface area contributed by atoms with Gasteiger partial charge >= 0.3 is 10.1 Å². The zero-order chi connectivity index (χ0) is 22.7. The second-order valence-corrected chi connectivity index (χ2v) is 15.2. The molecule has 0 aliphatic rings. The fraction of sp³-hybridized carbons (Fsp3) is 0.455. The predicted octanol–water partition coefficient (Wildman–Crippen LogP) is 3.89. The smallest absolute Gasteiger partial charge is 0.319 e. The maximum Gasteiger partial charge on any atom is 0.319 e. The third kappa shape index (κ3) is 4.52. The first-order valence-electron chi connectivity index (χ1n) is 10.1. The second kappa shape index (κ2) is 8.78. The minimum Gasteiger partial charge on any atom is -0.361 e. The normalized spacial score (nSPS) is 15.1. The number of aryl methyl sites for hydroxylation is 2. The van der Waals surface area contributed by atoms with Gasteiger partial charge in [-0.1, -0.05) is 62.1 Å². The van der Waals surface area contributed by atoms with E-state index in [9.17, 15) is 13.7 Å². The Morgan fingerprint density at radius 1 is 1.30 bits per heavy atom. The van der Waals surface area contributed by atoms with E-state index < -0.39 is 28.9 Å². The summed E-state index contributed by atoms with van der Waals surface area (Å²) in [6.45, 7) is 16.3. The zero-order valence-corrected chi connectivity index (χ0v) is 20.5. The molecule has 6 nitrogen and oxygen atoms in total. The highest BCUT2D eigenvalue weighted by atomic mass is 32.2. The van der Waals surface area contributed by atoms with Crippen LogP contribution < -0.4 is 9.37 Å². The van der Waals surface area contributed by atoms with Crippen molar-refractivity contribution in [1.82, 2.24) is 9.78 Å². The van der Waals surface area contributed by atoms with E-state index in [-0.39, 0.29) is 5.88 Å². The first kappa shape index (κ1) is 23.9. The molecule has 162 valence electrons. The van der Waals surface area contributed by atoms with Crippen LogP contribution in [0.4, 0.5) is 0 Å². The number of benzene rings is 1. The Hall–Kier alpha value is -2.37. The summed E-state index contributed by atoms with van der Waals surface area (Å²) in [7, 11) is -5.73. The van der Waals surface area contributed by atoms with E-state index >= 15 is 0 Å². The van der Waals surface area contributed by atoms with Crippen LogP contribution in [-0.4, -0.2) is 31.5 Å². The van der Waals surface area contributed by atoms with Crippen molar-refractivity contribution in [2.75, 3.05) is 0 Å². The summed E-state index contributed by atoms with van der Waals surface area (Å²) in [5, 5.41) is 14.4. The third-order valence-corrected chi connectivity index (χ3v) is 9.09. The average Bonchev–Trinajstić information content (AvgIpc) is 3.03. The molecule has 2 rings (SSSR count). The molecule has 8 heteroatoms. The van der Waals surface area contributed by atoms with Crippen molar-refractivity contribution in [3.63, 3.8) is 0 Å². The number of hydrogen-bond acceptors (Lipinski definition) is 5. The van der Waals surface area contributed by atoms with Crippen molar-refractivity contribution >= 4 is 23.4 Å². The van der Waals surface area contributed by atoms with Gasteiger partial charge in [0.25, 0.3) is 0 Å². The Morgan fingerprint density at radius 2 is 1.90 bits per heavy atom. The average molecular weight is 446 g/mol. The molecule has 2 unspecified atom stereocenters. The number of rotatable bonds is 9. The van der Waals surface area contributed by atoms with Gasteiger partial charge in [0.1, 0.15) is 10.7 Å². The molecule has 0 fully saturated rings. The molecule has 0 N–H and O–H groups in total. The van der Waals surface area contributed by atoms with Gasteiger partial charge in [0.15, 0.2) is 0 Å². The fourth-order valence-electron chi connectivity index (χ4n) is 3.60. The number of nitrogens with zero attached hydrogens (tertiary/aromatic N) is 3. The molecule has 0 spiro atoms. The Kier molecular flexibility index (Phi) is 7.00. The lowest BCUT2D eigenvalue weighted by Gasteiger charge is -2.32. The van der Waals surface area contributed by atoms with Crippen LogP contribution in [0.2, 0.25) is 19.6 Å². The Labute approximate surface area is 181 Å². The maximum absolute atomic E-state index is 13.3. The highest BCUT2D eigenvalue weighted by Gasteiger charge is 2.47. The quantitative estimate of drug-likeness (QED) is 0.332. The van der Waals surface area contributed by atoms with Crippen molar-refractivity contribution in [3.8, 4) is 11.9 Å². The Morgan fingerprint density at radius 3 is 2.33 bits per heavy atom. The van der Waals surface area contributed by atoms with Crippen LogP contribution in [0, 0.1) is 18.3 Å². The molecule has 2 atom stereocenters. The monoisotopic (exact) mass is 445 g/mol. The van der Waals surface area contributed by atoms with Crippen LogP contribution in [0.1, 0.15) is 31.5 Å². The van der Waals surface area contributed by atoms with Crippen LogP contribution in [0.5, 0.6) is 5.88 Å². The molecule has 0 amide bonds. The van der Waals surface area contributed by atoms with E-state index in [0.717, 1.165) is 0 Å². The topological polar surface area (TPSA) is 85.0 Å². The van der Waals surface area contributed by atoms with Crippen molar-refractivity contribution in [2.24, 2.45) is 0 Å². The van der Waals surface area contributed by atoms with E-state index in [4.69, 9.17) is 4.18 Å². The van der Waals surface area contributed by atoms with E-state index in [1.54, 1.807) is 13.0 Å². The second-order valence-electron chi connectivity index (χ2n) is 8.44. The van der Waals surface area contributed by atoms with Gasteiger partial charge in [-0.3, -0.25) is 0 Å². The lowest BCUT2D eigenvalue weighted by atomic mass is 9.76. The van der Waals surface area contributed by atoms with E-state index in [1.807, 2.05) is 38.1 Å². The van der Waals surface area contributed by atoms with E-state index in [1.165, 1.54) is 15.9 Å².